The van der Waals surface area contributed by atoms with Gasteiger partial charge in [0.1, 0.15) is 11.1 Å². The molecule has 2 aromatic carbocycles. The molecular weight excluding hydrogens is 354 g/mol. The topological polar surface area (TPSA) is 65.8 Å². The number of anilines is 1. The third kappa shape index (κ3) is 3.98. The fraction of sp³-hybridized carbons (Fsp3) is 0.273. The maximum Gasteiger partial charge on any atom is 0.349 e. The highest BCUT2D eigenvalue weighted by molar-refractivity contribution is 6.05. The summed E-state index contributed by atoms with van der Waals surface area (Å²) in [6, 6.07) is 16.5. The maximum absolute atomic E-state index is 12.8. The quantitative estimate of drug-likeness (QED) is 0.709. The van der Waals surface area contributed by atoms with Gasteiger partial charge in [0.2, 0.25) is 0 Å². The Balaban J connectivity index is 1.55. The van der Waals surface area contributed by atoms with Crippen molar-refractivity contribution in [1.82, 2.24) is 9.80 Å². The second kappa shape index (κ2) is 7.96. The van der Waals surface area contributed by atoms with Gasteiger partial charge in [0.05, 0.1) is 0 Å². The van der Waals surface area contributed by atoms with E-state index in [1.165, 1.54) is 0 Å². The standard InChI is InChI=1S/C22H23N3O3/c1-24-10-12-25(13-11-24)15-17-7-2-4-8-19(17)23-21(26)18-14-16-6-3-5-9-20(16)28-22(18)27/h2-9,14H,10-13,15H2,1H3,(H,23,26). The molecule has 0 unspecified atom stereocenters. The van der Waals surface area contributed by atoms with Gasteiger partial charge in [-0.2, -0.15) is 0 Å². The second-order valence-electron chi connectivity index (χ2n) is 7.18. The molecule has 0 saturated carbocycles. The number of amides is 1. The normalized spacial score (nSPS) is 15.6. The summed E-state index contributed by atoms with van der Waals surface area (Å²) in [6.07, 6.45) is 0. The smallest absolute Gasteiger partial charge is 0.349 e. The van der Waals surface area contributed by atoms with Gasteiger partial charge in [-0.1, -0.05) is 36.4 Å². The molecule has 1 N–H and O–H groups in total. The lowest BCUT2D eigenvalue weighted by molar-refractivity contribution is 0.102. The molecule has 1 saturated heterocycles. The van der Waals surface area contributed by atoms with E-state index < -0.39 is 11.5 Å². The first-order chi connectivity index (χ1) is 13.6. The van der Waals surface area contributed by atoms with E-state index in [9.17, 15) is 9.59 Å². The number of benzene rings is 2. The summed E-state index contributed by atoms with van der Waals surface area (Å²) in [5, 5.41) is 3.62. The summed E-state index contributed by atoms with van der Waals surface area (Å²) >= 11 is 0. The average molecular weight is 377 g/mol. The molecule has 0 bridgehead atoms. The number of likely N-dealkylation sites (N-methyl/N-ethyl adjacent to an activating group) is 1. The lowest BCUT2D eigenvalue weighted by Gasteiger charge is -2.32. The van der Waals surface area contributed by atoms with E-state index in [-0.39, 0.29) is 5.56 Å². The van der Waals surface area contributed by atoms with Crippen molar-refractivity contribution in [2.75, 3.05) is 38.5 Å². The number of piperazine rings is 1. The number of nitrogens with one attached hydrogen (secondary N) is 1. The number of hydrogen-bond acceptors (Lipinski definition) is 5. The van der Waals surface area contributed by atoms with Crippen LogP contribution in [0.4, 0.5) is 5.69 Å². The van der Waals surface area contributed by atoms with E-state index >= 15 is 0 Å². The summed E-state index contributed by atoms with van der Waals surface area (Å²) in [7, 11) is 2.13. The van der Waals surface area contributed by atoms with E-state index in [1.54, 1.807) is 18.2 Å². The van der Waals surface area contributed by atoms with Crippen LogP contribution in [-0.4, -0.2) is 48.9 Å². The lowest BCUT2D eigenvalue weighted by atomic mass is 10.1. The Bertz CT molecular complexity index is 1050. The van der Waals surface area contributed by atoms with Crippen molar-refractivity contribution in [1.29, 1.82) is 0 Å². The summed E-state index contributed by atoms with van der Waals surface area (Å²) in [5.41, 5.74) is 1.60. The van der Waals surface area contributed by atoms with Crippen molar-refractivity contribution in [2.24, 2.45) is 0 Å². The van der Waals surface area contributed by atoms with Crippen molar-refractivity contribution in [3.63, 3.8) is 0 Å². The molecule has 28 heavy (non-hydrogen) atoms. The molecule has 3 aromatic rings. The van der Waals surface area contributed by atoms with E-state index in [0.29, 0.717) is 5.58 Å². The van der Waals surface area contributed by atoms with E-state index in [2.05, 4.69) is 22.2 Å². The SMILES string of the molecule is CN1CCN(Cc2ccccc2NC(=O)c2cc3ccccc3oc2=O)CC1. The van der Waals surface area contributed by atoms with E-state index in [4.69, 9.17) is 4.42 Å². The van der Waals surface area contributed by atoms with Gasteiger partial charge in [-0.05, 0) is 30.8 Å². The minimum Gasteiger partial charge on any atom is -0.422 e. The van der Waals surface area contributed by atoms with Crippen LogP contribution in [0.15, 0.2) is 63.8 Å². The van der Waals surface area contributed by atoms with Gasteiger partial charge in [-0.25, -0.2) is 4.79 Å². The largest absolute Gasteiger partial charge is 0.422 e. The summed E-state index contributed by atoms with van der Waals surface area (Å²) in [5.74, 6) is -0.453. The molecule has 1 amide bonds. The molecular formula is C22H23N3O3. The third-order valence-corrected chi connectivity index (χ3v) is 5.14. The molecule has 6 nitrogen and oxygen atoms in total. The van der Waals surface area contributed by atoms with Crippen LogP contribution >= 0.6 is 0 Å². The van der Waals surface area contributed by atoms with Gasteiger partial charge in [0.15, 0.2) is 0 Å². The van der Waals surface area contributed by atoms with Crippen molar-refractivity contribution in [2.45, 2.75) is 6.54 Å². The van der Waals surface area contributed by atoms with E-state index in [0.717, 1.165) is 49.4 Å². The Morgan fingerprint density at radius 1 is 1.04 bits per heavy atom. The van der Waals surface area contributed by atoms with E-state index in [1.807, 2.05) is 36.4 Å². The Labute approximate surface area is 163 Å². The molecule has 4 rings (SSSR count). The van der Waals surface area contributed by atoms with Gasteiger partial charge in [0.25, 0.3) is 5.91 Å². The summed E-state index contributed by atoms with van der Waals surface area (Å²) in [6.45, 7) is 4.82. The number of carbonyl (C=O) groups is 1. The predicted octanol–water partition coefficient (Wildman–Crippen LogP) is 2.79. The molecule has 1 aliphatic heterocycles. The van der Waals surface area contributed by atoms with Crippen LogP contribution < -0.4 is 10.9 Å². The fourth-order valence-electron chi connectivity index (χ4n) is 3.44. The van der Waals surface area contributed by atoms with Crippen LogP contribution in [0.5, 0.6) is 0 Å². The van der Waals surface area contributed by atoms with Gasteiger partial charge in [-0.3, -0.25) is 9.69 Å². The van der Waals surface area contributed by atoms with Crippen LogP contribution in [0.25, 0.3) is 11.0 Å². The Hall–Kier alpha value is -2.96. The van der Waals surface area contributed by atoms with Crippen LogP contribution in [0.2, 0.25) is 0 Å². The predicted molar refractivity (Wildman–Crippen MR) is 110 cm³/mol. The zero-order valence-corrected chi connectivity index (χ0v) is 15.9. The van der Waals surface area contributed by atoms with Crippen molar-refractivity contribution >= 4 is 22.6 Å². The van der Waals surface area contributed by atoms with Crippen LogP contribution in [0.3, 0.4) is 0 Å². The van der Waals surface area contributed by atoms with Crippen molar-refractivity contribution < 1.29 is 9.21 Å². The molecule has 1 aliphatic rings. The zero-order chi connectivity index (χ0) is 19.5. The zero-order valence-electron chi connectivity index (χ0n) is 15.9. The van der Waals surface area contributed by atoms with Crippen LogP contribution in [0.1, 0.15) is 15.9 Å². The second-order valence-corrected chi connectivity index (χ2v) is 7.18. The fourth-order valence-corrected chi connectivity index (χ4v) is 3.44. The van der Waals surface area contributed by atoms with Crippen LogP contribution in [0, 0.1) is 0 Å². The number of nitrogens with zero attached hydrogens (tertiary/aromatic N) is 2. The highest BCUT2D eigenvalue weighted by Crippen LogP contribution is 2.20. The number of rotatable bonds is 4. The number of para-hydroxylation sites is 2. The average Bonchev–Trinajstić information content (AvgIpc) is 2.70. The van der Waals surface area contributed by atoms with Gasteiger partial charge in [0, 0.05) is 43.8 Å². The molecule has 144 valence electrons. The molecule has 0 spiro atoms. The Morgan fingerprint density at radius 3 is 2.57 bits per heavy atom. The number of fused-ring (bicyclic) bond motifs is 1. The van der Waals surface area contributed by atoms with Gasteiger partial charge < -0.3 is 14.6 Å². The molecule has 1 aromatic heterocycles. The highest BCUT2D eigenvalue weighted by atomic mass is 16.4. The molecule has 1 fully saturated rings. The first-order valence-electron chi connectivity index (χ1n) is 9.43. The van der Waals surface area contributed by atoms with Gasteiger partial charge in [-0.15, -0.1) is 0 Å². The summed E-state index contributed by atoms with van der Waals surface area (Å²) < 4.78 is 5.28. The van der Waals surface area contributed by atoms with Crippen molar-refractivity contribution in [3.8, 4) is 0 Å². The minimum atomic E-state index is -0.632. The maximum atomic E-state index is 12.8. The summed E-state index contributed by atoms with van der Waals surface area (Å²) in [4.78, 5) is 29.7. The monoisotopic (exact) mass is 377 g/mol. The van der Waals surface area contributed by atoms with Crippen LogP contribution in [-0.2, 0) is 6.54 Å². The highest BCUT2D eigenvalue weighted by Gasteiger charge is 2.18. The minimum absolute atomic E-state index is 0.00750. The Morgan fingerprint density at radius 2 is 1.75 bits per heavy atom. The number of carbonyl (C=O) groups excluding carboxylic acids is 1. The molecule has 0 aliphatic carbocycles. The molecule has 0 radical (unpaired) electrons. The first-order valence-corrected chi connectivity index (χ1v) is 9.43. The first kappa shape index (κ1) is 18.4. The molecule has 6 heteroatoms. The third-order valence-electron chi connectivity index (χ3n) is 5.14. The molecule has 0 atom stereocenters. The molecule has 2 heterocycles. The Kier molecular flexibility index (Phi) is 5.23. The lowest BCUT2D eigenvalue weighted by Crippen LogP contribution is -2.44. The van der Waals surface area contributed by atoms with Crippen molar-refractivity contribution in [3.05, 3.63) is 76.1 Å². The van der Waals surface area contributed by atoms with Gasteiger partial charge >= 0.3 is 5.63 Å². The number of hydrogen-bond donors (Lipinski definition) is 1.